The maximum Gasteiger partial charge on any atom is 1.00 e. The largest absolute Gasteiger partial charge is 1.00 e. The number of phenolic OH excluding ortho intramolecular Hbond substituents is 1. The minimum Gasteiger partial charge on any atom is -1.00 e. The van der Waals surface area contributed by atoms with E-state index in [0.29, 0.717) is 0 Å². The van der Waals surface area contributed by atoms with Crippen molar-refractivity contribution < 1.29 is 63.5 Å². The fourth-order valence-electron chi connectivity index (χ4n) is 0.973. The van der Waals surface area contributed by atoms with Crippen molar-refractivity contribution in [2.45, 2.75) is 12.5 Å². The van der Waals surface area contributed by atoms with Crippen molar-refractivity contribution in [3.63, 3.8) is 0 Å². The molecule has 10 heteroatoms. The fourth-order valence-corrected chi connectivity index (χ4v) is 0.973. The van der Waals surface area contributed by atoms with Crippen molar-refractivity contribution in [1.29, 1.82) is 0 Å². The molecule has 0 bridgehead atoms. The molecule has 19 heavy (non-hydrogen) atoms. The number of benzene rings is 1. The summed E-state index contributed by atoms with van der Waals surface area (Å²) in [5.74, 6) is -0.860. The quantitative estimate of drug-likeness (QED) is 0.288. The van der Waals surface area contributed by atoms with Crippen molar-refractivity contribution in [3.05, 3.63) is 29.8 Å². The summed E-state index contributed by atoms with van der Waals surface area (Å²) in [4.78, 5) is 10.4. The number of hydrogen-bond donors (Lipinski definition) is 5. The number of phenols is 1. The van der Waals surface area contributed by atoms with Crippen LogP contribution in [0.25, 0.3) is 0 Å². The predicted octanol–water partition coefficient (Wildman–Crippen LogP) is -3.19. The molecule has 1 rings (SSSR count). The van der Waals surface area contributed by atoms with Crippen LogP contribution in [0.15, 0.2) is 24.3 Å². The standard InChI is InChI=1S/C9H11NO3.Na.H2O4S.H/c10-8(9(12)13)5-6-1-3-7(11)4-2-6;;1-5(2,3)4;/h1-4,8,11H,5,10H2,(H,12,13);;(H2,1,2,3,4);/q;+1;;-1/t8-;;;/m0.../s1. The molecule has 0 aromatic heterocycles. The van der Waals surface area contributed by atoms with Gasteiger partial charge in [0.25, 0.3) is 0 Å². The number of hydrogen-bond acceptors (Lipinski definition) is 5. The Morgan fingerprint density at radius 3 is 1.95 bits per heavy atom. The van der Waals surface area contributed by atoms with Gasteiger partial charge in [-0.25, -0.2) is 0 Å². The molecule has 8 nitrogen and oxygen atoms in total. The molecule has 6 N–H and O–H groups in total. The van der Waals surface area contributed by atoms with Gasteiger partial charge in [-0.3, -0.25) is 13.9 Å². The number of rotatable bonds is 3. The van der Waals surface area contributed by atoms with Crippen molar-refractivity contribution in [2.24, 2.45) is 5.73 Å². The van der Waals surface area contributed by atoms with Crippen LogP contribution in [0.3, 0.4) is 0 Å². The molecule has 0 radical (unpaired) electrons. The third-order valence-corrected chi connectivity index (χ3v) is 1.71. The van der Waals surface area contributed by atoms with Gasteiger partial charge in [-0.2, -0.15) is 8.42 Å². The smallest absolute Gasteiger partial charge is 1.00 e. The topological polar surface area (TPSA) is 158 Å². The molecular weight excluding hydrogens is 289 g/mol. The van der Waals surface area contributed by atoms with Gasteiger partial charge in [0.15, 0.2) is 0 Å². The van der Waals surface area contributed by atoms with E-state index in [4.69, 9.17) is 33.5 Å². The van der Waals surface area contributed by atoms with E-state index in [1.165, 1.54) is 12.1 Å². The third kappa shape index (κ3) is 13.6. The van der Waals surface area contributed by atoms with Gasteiger partial charge in [0.05, 0.1) is 0 Å². The van der Waals surface area contributed by atoms with Gasteiger partial charge < -0.3 is 17.4 Å². The van der Waals surface area contributed by atoms with Crippen LogP contribution in [0.2, 0.25) is 0 Å². The van der Waals surface area contributed by atoms with Gasteiger partial charge in [-0.05, 0) is 24.1 Å². The van der Waals surface area contributed by atoms with E-state index in [2.05, 4.69) is 0 Å². The maximum absolute atomic E-state index is 10.4. The second kappa shape index (κ2) is 9.26. The maximum atomic E-state index is 10.4. The first kappa shape index (κ1) is 20.6. The number of carboxylic acid groups (broad SMARTS) is 1. The van der Waals surface area contributed by atoms with Gasteiger partial charge in [0, 0.05) is 0 Å². The Kier molecular flexibility index (Phi) is 10.1. The summed E-state index contributed by atoms with van der Waals surface area (Å²) in [6.07, 6.45) is 0.273. The van der Waals surface area contributed by atoms with Crippen molar-refractivity contribution in [3.8, 4) is 5.75 Å². The van der Waals surface area contributed by atoms with E-state index in [1.807, 2.05) is 0 Å². The minimum absolute atomic E-state index is 0. The normalized spacial score (nSPS) is 11.5. The molecule has 0 amide bonds. The van der Waals surface area contributed by atoms with Crippen LogP contribution in [0.4, 0.5) is 0 Å². The molecule has 0 aliphatic rings. The van der Waals surface area contributed by atoms with Crippen molar-refractivity contribution in [2.75, 3.05) is 0 Å². The summed E-state index contributed by atoms with van der Waals surface area (Å²) in [5.41, 5.74) is 6.12. The van der Waals surface area contributed by atoms with E-state index < -0.39 is 22.4 Å². The molecule has 0 heterocycles. The second-order valence-corrected chi connectivity index (χ2v) is 4.16. The Morgan fingerprint density at radius 2 is 1.63 bits per heavy atom. The van der Waals surface area contributed by atoms with Crippen molar-refractivity contribution >= 4 is 16.4 Å². The molecule has 0 unspecified atom stereocenters. The van der Waals surface area contributed by atoms with Gasteiger partial charge in [-0.1, -0.05) is 12.1 Å². The van der Waals surface area contributed by atoms with Crippen LogP contribution in [0.5, 0.6) is 5.75 Å². The summed E-state index contributed by atoms with van der Waals surface area (Å²) in [5, 5.41) is 17.5. The van der Waals surface area contributed by atoms with Crippen LogP contribution in [-0.2, 0) is 21.6 Å². The Hall–Kier alpha value is -0.680. The number of carbonyl (C=O) groups is 1. The molecule has 0 aliphatic heterocycles. The average molecular weight is 303 g/mol. The summed E-state index contributed by atoms with van der Waals surface area (Å²) >= 11 is 0. The Labute approximate surface area is 133 Å². The molecule has 104 valence electrons. The predicted molar refractivity (Wildman–Crippen MR) is 62.7 cm³/mol. The molecule has 0 saturated carbocycles. The molecule has 1 atom stereocenters. The van der Waals surface area contributed by atoms with Crippen LogP contribution in [0, 0.1) is 0 Å². The third-order valence-electron chi connectivity index (χ3n) is 1.71. The summed E-state index contributed by atoms with van der Waals surface area (Å²) in [6.45, 7) is 0. The van der Waals surface area contributed by atoms with E-state index in [-0.39, 0.29) is 43.2 Å². The second-order valence-electron chi connectivity index (χ2n) is 3.26. The van der Waals surface area contributed by atoms with Gasteiger partial charge in [0.1, 0.15) is 11.8 Å². The van der Waals surface area contributed by atoms with Crippen LogP contribution in [-0.4, -0.2) is 39.7 Å². The molecule has 0 fully saturated rings. The van der Waals surface area contributed by atoms with Gasteiger partial charge >= 0.3 is 45.9 Å². The van der Waals surface area contributed by atoms with E-state index >= 15 is 0 Å². The first-order valence-electron chi connectivity index (χ1n) is 4.55. The summed E-state index contributed by atoms with van der Waals surface area (Å²) in [7, 11) is -4.67. The Balaban J connectivity index is -0.000000361. The molecule has 0 spiro atoms. The molecule has 1 aromatic rings. The minimum atomic E-state index is -4.67. The van der Waals surface area contributed by atoms with E-state index in [1.54, 1.807) is 12.1 Å². The molecular formula is C9H14NNaO7S. The van der Waals surface area contributed by atoms with Gasteiger partial charge in [0.2, 0.25) is 0 Å². The SMILES string of the molecule is N[C@@H](Cc1ccc(O)cc1)C(=O)O.O=S(=O)(O)O.[H-].[Na+]. The number of nitrogens with two attached hydrogens (primary N) is 1. The van der Waals surface area contributed by atoms with E-state index in [0.717, 1.165) is 5.56 Å². The molecule has 1 aromatic carbocycles. The van der Waals surface area contributed by atoms with Crippen LogP contribution in [0.1, 0.15) is 6.99 Å². The van der Waals surface area contributed by atoms with Crippen LogP contribution >= 0.6 is 0 Å². The zero-order valence-electron chi connectivity index (χ0n) is 11.1. The Bertz CT molecular complexity index is 486. The summed E-state index contributed by atoms with van der Waals surface area (Å²) in [6, 6.07) is 5.42. The first-order valence-corrected chi connectivity index (χ1v) is 5.95. The van der Waals surface area contributed by atoms with E-state index in [9.17, 15) is 4.79 Å². The number of aromatic hydroxyl groups is 1. The zero-order chi connectivity index (χ0) is 14.3. The monoisotopic (exact) mass is 303 g/mol. The Morgan fingerprint density at radius 1 is 1.26 bits per heavy atom. The molecule has 0 saturated heterocycles. The average Bonchev–Trinajstić information content (AvgIpc) is 2.18. The first-order chi connectivity index (χ1) is 8.09. The van der Waals surface area contributed by atoms with Crippen molar-refractivity contribution in [1.82, 2.24) is 0 Å². The fraction of sp³-hybridized carbons (Fsp3) is 0.222. The van der Waals surface area contributed by atoms with Crippen LogP contribution < -0.4 is 35.3 Å². The molecule has 0 aliphatic carbocycles. The summed E-state index contributed by atoms with van der Waals surface area (Å²) < 4.78 is 31.6. The number of carboxylic acids is 1. The zero-order valence-corrected chi connectivity index (χ0v) is 12.9. The number of aliphatic carboxylic acids is 1. The van der Waals surface area contributed by atoms with Gasteiger partial charge in [-0.15, -0.1) is 0 Å².